The number of carbonyl (C=O) groups is 1. The number of ether oxygens (including phenoxy) is 1. The number of esters is 1. The molecule has 1 aromatic rings. The Bertz CT molecular complexity index is 1250. The Labute approximate surface area is 257 Å². The summed E-state index contributed by atoms with van der Waals surface area (Å²) in [6, 6.07) is 0. The van der Waals surface area contributed by atoms with E-state index in [2.05, 4.69) is 37.6 Å². The summed E-state index contributed by atoms with van der Waals surface area (Å²) in [4.78, 5) is 17.8. The first-order valence-corrected chi connectivity index (χ1v) is 16.5. The van der Waals surface area contributed by atoms with Crippen LogP contribution in [-0.2, 0) is 14.9 Å². The van der Waals surface area contributed by atoms with Crippen molar-refractivity contribution in [3.8, 4) is 0 Å². The van der Waals surface area contributed by atoms with E-state index in [1.807, 2.05) is 6.92 Å². The molecule has 0 amide bonds. The first-order chi connectivity index (χ1) is 20.3. The molecule has 0 radical (unpaired) electrons. The Kier molecular flexibility index (Phi) is 9.20. The molecule has 5 rings (SSSR count). The second kappa shape index (κ2) is 12.3. The molecule has 3 N–H and O–H groups in total. The van der Waals surface area contributed by atoms with Gasteiger partial charge in [-0.3, -0.25) is 4.79 Å². The summed E-state index contributed by atoms with van der Waals surface area (Å²) in [5.74, 6) is 1.87. The monoisotopic (exact) mass is 595 g/mol. The maximum atomic E-state index is 13.1. The molecule has 0 aliphatic heterocycles. The lowest BCUT2D eigenvalue weighted by atomic mass is 9.60. The van der Waals surface area contributed by atoms with Gasteiger partial charge in [0.25, 0.3) is 0 Å². The third-order valence-electron chi connectivity index (χ3n) is 11.5. The van der Waals surface area contributed by atoms with E-state index < -0.39 is 17.6 Å². The maximum Gasteiger partial charge on any atom is 0.314 e. The number of hydrogen-bond acceptors (Lipinski definition) is 7. The van der Waals surface area contributed by atoms with Crippen LogP contribution in [0.2, 0.25) is 0 Å². The van der Waals surface area contributed by atoms with Crippen molar-refractivity contribution in [2.45, 2.75) is 129 Å². The summed E-state index contributed by atoms with van der Waals surface area (Å²) in [5.41, 5.74) is 2.91. The molecule has 0 spiro atoms. The second-order valence-electron chi connectivity index (χ2n) is 15.1. The molecule has 1 aromatic heterocycles. The molecule has 43 heavy (non-hydrogen) atoms. The number of nitrogens with zero attached hydrogens (tertiary/aromatic N) is 1. The number of aryl methyl sites for hydroxylation is 1. The van der Waals surface area contributed by atoms with E-state index in [9.17, 15) is 20.1 Å². The van der Waals surface area contributed by atoms with Crippen molar-refractivity contribution < 1.29 is 29.3 Å². The zero-order chi connectivity index (χ0) is 31.2. The Balaban J connectivity index is 1.30. The number of fused-ring (bicyclic) bond motifs is 1. The van der Waals surface area contributed by atoms with Gasteiger partial charge in [0.15, 0.2) is 0 Å². The smallest absolute Gasteiger partial charge is 0.314 e. The number of rotatable bonds is 10. The van der Waals surface area contributed by atoms with Gasteiger partial charge in [-0.05, 0) is 119 Å². The van der Waals surface area contributed by atoms with Crippen molar-refractivity contribution in [1.82, 2.24) is 4.98 Å². The van der Waals surface area contributed by atoms with Crippen LogP contribution in [0.5, 0.6) is 0 Å². The fourth-order valence-corrected chi connectivity index (χ4v) is 8.49. The van der Waals surface area contributed by atoms with Gasteiger partial charge >= 0.3 is 5.97 Å². The molecule has 7 nitrogen and oxygen atoms in total. The Morgan fingerprint density at radius 2 is 1.98 bits per heavy atom. The lowest BCUT2D eigenvalue weighted by molar-refractivity contribution is -0.164. The van der Waals surface area contributed by atoms with Gasteiger partial charge in [0.2, 0.25) is 5.89 Å². The van der Waals surface area contributed by atoms with Gasteiger partial charge in [0, 0.05) is 6.42 Å². The van der Waals surface area contributed by atoms with Crippen molar-refractivity contribution in [3.05, 3.63) is 53.3 Å². The van der Waals surface area contributed by atoms with E-state index in [1.165, 1.54) is 31.3 Å². The van der Waals surface area contributed by atoms with Crippen molar-refractivity contribution in [2.24, 2.45) is 28.6 Å². The molecule has 7 atom stereocenters. The topological polar surface area (TPSA) is 113 Å². The summed E-state index contributed by atoms with van der Waals surface area (Å²) >= 11 is 0. The molecule has 238 valence electrons. The van der Waals surface area contributed by atoms with Crippen molar-refractivity contribution in [3.63, 3.8) is 0 Å². The summed E-state index contributed by atoms with van der Waals surface area (Å²) in [6.45, 7) is 14.1. The number of hydrogen-bond donors (Lipinski definition) is 3. The van der Waals surface area contributed by atoms with E-state index in [-0.39, 0.29) is 29.5 Å². The first-order valence-electron chi connectivity index (χ1n) is 16.5. The number of aliphatic hydroxyl groups is 3. The van der Waals surface area contributed by atoms with E-state index in [0.717, 1.165) is 48.9 Å². The molecule has 1 heterocycles. The third kappa shape index (κ3) is 6.32. The predicted octanol–water partition coefficient (Wildman–Crippen LogP) is 6.50. The van der Waals surface area contributed by atoms with Crippen LogP contribution in [0.4, 0.5) is 0 Å². The highest BCUT2D eigenvalue weighted by atomic mass is 16.5. The zero-order valence-electron chi connectivity index (χ0n) is 26.9. The van der Waals surface area contributed by atoms with Crippen LogP contribution in [0.15, 0.2) is 46.1 Å². The largest absolute Gasteiger partial charge is 0.461 e. The van der Waals surface area contributed by atoms with Gasteiger partial charge in [-0.25, -0.2) is 4.98 Å². The molecule has 4 fully saturated rings. The molecule has 0 unspecified atom stereocenters. The second-order valence-corrected chi connectivity index (χ2v) is 15.1. The highest BCUT2D eigenvalue weighted by Crippen LogP contribution is 2.60. The average molecular weight is 596 g/mol. The van der Waals surface area contributed by atoms with Crippen molar-refractivity contribution >= 4 is 5.97 Å². The number of allylic oxidation sites excluding steroid dienone is 3. The average Bonchev–Trinajstić information content (AvgIpc) is 3.52. The fourth-order valence-electron chi connectivity index (χ4n) is 8.49. The number of aromatic nitrogens is 1. The minimum Gasteiger partial charge on any atom is -0.461 e. The Morgan fingerprint density at radius 3 is 2.63 bits per heavy atom. The lowest BCUT2D eigenvalue weighted by Gasteiger charge is -2.44. The van der Waals surface area contributed by atoms with Gasteiger partial charge in [-0.15, -0.1) is 0 Å². The van der Waals surface area contributed by atoms with E-state index >= 15 is 0 Å². The maximum absolute atomic E-state index is 13.1. The van der Waals surface area contributed by atoms with E-state index in [1.54, 1.807) is 20.1 Å². The van der Waals surface area contributed by atoms with Crippen LogP contribution in [0.25, 0.3) is 0 Å². The van der Waals surface area contributed by atoms with Crippen molar-refractivity contribution in [2.75, 3.05) is 6.61 Å². The predicted molar refractivity (Wildman–Crippen MR) is 166 cm³/mol. The Morgan fingerprint density at radius 1 is 1.23 bits per heavy atom. The molecule has 7 heteroatoms. The number of carbonyl (C=O) groups excluding carboxylic acids is 1. The highest BCUT2D eigenvalue weighted by molar-refractivity contribution is 5.76. The van der Waals surface area contributed by atoms with Gasteiger partial charge in [0.1, 0.15) is 12.4 Å². The van der Waals surface area contributed by atoms with Crippen LogP contribution in [0.3, 0.4) is 0 Å². The summed E-state index contributed by atoms with van der Waals surface area (Å²) in [6.07, 6.45) is 14.8. The first kappa shape index (κ1) is 32.2. The molecule has 0 bridgehead atoms. The zero-order valence-corrected chi connectivity index (χ0v) is 26.9. The summed E-state index contributed by atoms with van der Waals surface area (Å²) in [5, 5.41) is 30.3. The standard InChI is InChI=1S/C36H53NO6/c1-22(9-14-31(43-33(41)34(4,5)21-38)36(16-17-36)32-37-23(2)20-42-32)28-12-13-29-25(8-7-15-35(28,29)6)10-11-26-18-27(39)19-30(40)24(26)3/h10-11,20,22,27-31,38-40H,3,7-9,12-19,21H2,1-2,4-6H3/b25-10+,26-11-/t22-,27-,28-,29+,30+,31+,35-/m1/s1. The van der Waals surface area contributed by atoms with Crippen LogP contribution in [0, 0.1) is 35.5 Å². The number of aliphatic hydroxyl groups excluding tert-OH is 3. The van der Waals surface area contributed by atoms with Gasteiger partial charge in [0.05, 0.1) is 35.3 Å². The van der Waals surface area contributed by atoms with Crippen molar-refractivity contribution in [1.29, 1.82) is 0 Å². The minimum absolute atomic E-state index is 0.215. The highest BCUT2D eigenvalue weighted by Gasteiger charge is 2.57. The molecule has 4 saturated carbocycles. The summed E-state index contributed by atoms with van der Waals surface area (Å²) in [7, 11) is 0. The quantitative estimate of drug-likeness (QED) is 0.265. The van der Waals surface area contributed by atoms with E-state index in [0.29, 0.717) is 36.5 Å². The van der Waals surface area contributed by atoms with Crippen LogP contribution < -0.4 is 0 Å². The van der Waals surface area contributed by atoms with E-state index in [4.69, 9.17) is 9.15 Å². The molecule has 0 aromatic carbocycles. The fraction of sp³-hybridized carbons (Fsp3) is 0.722. The lowest BCUT2D eigenvalue weighted by Crippen LogP contribution is -2.39. The molecular formula is C36H53NO6. The summed E-state index contributed by atoms with van der Waals surface area (Å²) < 4.78 is 12.1. The minimum atomic E-state index is -0.959. The number of oxazole rings is 1. The normalized spacial score (nSPS) is 33.8. The van der Waals surface area contributed by atoms with Crippen LogP contribution in [0.1, 0.15) is 110 Å². The van der Waals surface area contributed by atoms with Gasteiger partial charge in [-0.2, -0.15) is 0 Å². The molecule has 4 aliphatic carbocycles. The van der Waals surface area contributed by atoms with Crippen LogP contribution in [-0.4, -0.2) is 51.2 Å². The molecule has 0 saturated heterocycles. The van der Waals surface area contributed by atoms with Crippen LogP contribution >= 0.6 is 0 Å². The molecule has 4 aliphatic rings. The Hall–Kier alpha value is -2.22. The third-order valence-corrected chi connectivity index (χ3v) is 11.5. The van der Waals surface area contributed by atoms with Gasteiger partial charge < -0.3 is 24.5 Å². The SMILES string of the molecule is C=C1/C(=C\C=C2/CCC[C@]3(C)[C@@H]([C@H](C)CC[C@H](OC(=O)C(C)(C)CO)C4(c5nc(C)co5)CC4)CC[C@@H]23)C[C@@H](O)C[C@@H]1O. The van der Waals surface area contributed by atoms with Gasteiger partial charge in [-0.1, -0.05) is 38.2 Å². The molecular weight excluding hydrogens is 542 g/mol.